The predicted molar refractivity (Wildman–Crippen MR) is 67.7 cm³/mol. The Balaban J connectivity index is 2.34. The Hall–Kier alpha value is -2.19. The molecule has 0 aliphatic rings. The molecule has 0 aliphatic carbocycles. The normalized spacial score (nSPS) is 10.9. The summed E-state index contributed by atoms with van der Waals surface area (Å²) in [4.78, 5) is 0. The zero-order valence-corrected chi connectivity index (χ0v) is 10.7. The van der Waals surface area contributed by atoms with Crippen LogP contribution in [0.5, 0.6) is 11.5 Å². The fourth-order valence-corrected chi connectivity index (χ4v) is 1.68. The molecule has 2 aromatic carbocycles. The number of nitrogens with zero attached hydrogens (tertiary/aromatic N) is 1. The maximum absolute atomic E-state index is 12.8. The molecule has 6 heteroatoms. The first kappa shape index (κ1) is 14.2. The maximum Gasteiger partial charge on any atom is 0.417 e. The highest BCUT2D eigenvalue weighted by atomic mass is 35.5. The maximum atomic E-state index is 12.8. The van der Waals surface area contributed by atoms with Gasteiger partial charge in [-0.15, -0.1) is 0 Å². The fraction of sp³-hybridized carbons (Fsp3) is 0.0714. The zero-order valence-electron chi connectivity index (χ0n) is 9.91. The summed E-state index contributed by atoms with van der Waals surface area (Å²) in [6, 6.07) is 10.9. The van der Waals surface area contributed by atoms with E-state index in [-0.39, 0.29) is 5.75 Å². The van der Waals surface area contributed by atoms with Crippen LogP contribution in [-0.2, 0) is 6.18 Å². The molecule has 0 amide bonds. The van der Waals surface area contributed by atoms with Crippen LogP contribution < -0.4 is 4.74 Å². The molecule has 102 valence electrons. The number of halogens is 4. The second-order valence-corrected chi connectivity index (χ2v) is 4.31. The summed E-state index contributed by atoms with van der Waals surface area (Å²) in [7, 11) is 0. The number of ether oxygens (including phenoxy) is 1. The van der Waals surface area contributed by atoms with Crippen LogP contribution in [0, 0.1) is 11.3 Å². The van der Waals surface area contributed by atoms with Crippen LogP contribution in [0.3, 0.4) is 0 Å². The van der Waals surface area contributed by atoms with Crippen molar-refractivity contribution in [2.75, 3.05) is 0 Å². The Bertz CT molecular complexity index is 660. The van der Waals surface area contributed by atoms with Gasteiger partial charge in [-0.25, -0.2) is 0 Å². The van der Waals surface area contributed by atoms with Crippen LogP contribution in [0.15, 0.2) is 42.5 Å². The molecule has 0 bridgehead atoms. The average Bonchev–Trinajstić information content (AvgIpc) is 2.40. The molecule has 0 aliphatic heterocycles. The lowest BCUT2D eigenvalue weighted by Gasteiger charge is -2.11. The minimum atomic E-state index is -4.61. The number of rotatable bonds is 2. The molecule has 0 radical (unpaired) electrons. The zero-order chi connectivity index (χ0) is 14.8. The Morgan fingerprint density at radius 1 is 1.00 bits per heavy atom. The van der Waals surface area contributed by atoms with Crippen molar-refractivity contribution < 1.29 is 17.9 Å². The third kappa shape index (κ3) is 3.22. The quantitative estimate of drug-likeness (QED) is 0.779. The van der Waals surface area contributed by atoms with Crippen LogP contribution >= 0.6 is 11.6 Å². The van der Waals surface area contributed by atoms with E-state index in [0.717, 1.165) is 12.1 Å². The Morgan fingerprint density at radius 3 is 2.15 bits per heavy atom. The summed E-state index contributed by atoms with van der Waals surface area (Å²) in [6.45, 7) is 0. The summed E-state index contributed by atoms with van der Waals surface area (Å²) >= 11 is 5.70. The van der Waals surface area contributed by atoms with Crippen LogP contribution in [0.2, 0.25) is 5.02 Å². The van der Waals surface area contributed by atoms with Gasteiger partial charge in [-0.2, -0.15) is 18.4 Å². The van der Waals surface area contributed by atoms with Crippen molar-refractivity contribution in [2.24, 2.45) is 0 Å². The third-order valence-corrected chi connectivity index (χ3v) is 2.72. The number of hydrogen-bond acceptors (Lipinski definition) is 2. The monoisotopic (exact) mass is 297 g/mol. The molecule has 0 aromatic heterocycles. The molecule has 20 heavy (non-hydrogen) atoms. The summed E-state index contributed by atoms with van der Waals surface area (Å²) in [5.41, 5.74) is -1.47. The first-order chi connectivity index (χ1) is 9.40. The molecule has 2 nitrogen and oxygen atoms in total. The summed E-state index contributed by atoms with van der Waals surface area (Å²) < 4.78 is 43.6. The van der Waals surface area contributed by atoms with E-state index in [1.54, 1.807) is 12.1 Å². The number of hydrogen-bond donors (Lipinski definition) is 0. The van der Waals surface area contributed by atoms with Gasteiger partial charge >= 0.3 is 6.18 Å². The number of nitriles is 1. The SMILES string of the molecule is N#Cc1ccc(Oc2ccc(Cl)cc2)cc1C(F)(F)F. The molecule has 2 aromatic rings. The Kier molecular flexibility index (Phi) is 3.86. The van der Waals surface area contributed by atoms with E-state index in [0.29, 0.717) is 10.8 Å². The lowest BCUT2D eigenvalue weighted by molar-refractivity contribution is -0.137. The van der Waals surface area contributed by atoms with Crippen LogP contribution in [-0.4, -0.2) is 0 Å². The van der Waals surface area contributed by atoms with Gasteiger partial charge in [0.25, 0.3) is 0 Å². The van der Waals surface area contributed by atoms with Gasteiger partial charge in [0.2, 0.25) is 0 Å². The molecular formula is C14H7ClF3NO. The minimum Gasteiger partial charge on any atom is -0.457 e. The fourth-order valence-electron chi connectivity index (χ4n) is 1.56. The minimum absolute atomic E-state index is 0.00125. The van der Waals surface area contributed by atoms with Crippen molar-refractivity contribution in [3.63, 3.8) is 0 Å². The lowest BCUT2D eigenvalue weighted by Crippen LogP contribution is -2.07. The second kappa shape index (κ2) is 5.43. The van der Waals surface area contributed by atoms with Crippen molar-refractivity contribution in [1.29, 1.82) is 5.26 Å². The van der Waals surface area contributed by atoms with Crippen molar-refractivity contribution in [1.82, 2.24) is 0 Å². The average molecular weight is 298 g/mol. The van der Waals surface area contributed by atoms with E-state index in [1.807, 2.05) is 0 Å². The molecule has 0 saturated heterocycles. The Labute approximate surface area is 118 Å². The highest BCUT2D eigenvalue weighted by Gasteiger charge is 2.34. The molecule has 0 N–H and O–H groups in total. The summed E-state index contributed by atoms with van der Waals surface area (Å²) in [6.07, 6.45) is -4.61. The van der Waals surface area contributed by atoms with Gasteiger partial charge in [0.1, 0.15) is 11.5 Å². The van der Waals surface area contributed by atoms with E-state index in [4.69, 9.17) is 21.6 Å². The largest absolute Gasteiger partial charge is 0.457 e. The third-order valence-electron chi connectivity index (χ3n) is 2.47. The standard InChI is InChI=1S/C14H7ClF3NO/c15-10-2-5-11(6-3-10)20-12-4-1-9(8-19)13(7-12)14(16,17)18/h1-7H. The van der Waals surface area contributed by atoms with Gasteiger partial charge in [0.15, 0.2) is 0 Å². The summed E-state index contributed by atoms with van der Waals surface area (Å²) in [5.74, 6) is 0.353. The second-order valence-electron chi connectivity index (χ2n) is 3.87. The molecule has 2 rings (SSSR count). The van der Waals surface area contributed by atoms with Gasteiger partial charge < -0.3 is 4.74 Å². The highest BCUT2D eigenvalue weighted by molar-refractivity contribution is 6.30. The highest BCUT2D eigenvalue weighted by Crippen LogP contribution is 2.35. The molecular weight excluding hydrogens is 291 g/mol. The molecule has 0 heterocycles. The number of benzene rings is 2. The first-order valence-electron chi connectivity index (χ1n) is 5.45. The topological polar surface area (TPSA) is 33.0 Å². The molecule has 0 fully saturated rings. The summed E-state index contributed by atoms with van der Waals surface area (Å²) in [5, 5.41) is 9.18. The van der Waals surface area contributed by atoms with Crippen molar-refractivity contribution >= 4 is 11.6 Å². The van der Waals surface area contributed by atoms with Crippen LogP contribution in [0.4, 0.5) is 13.2 Å². The van der Waals surface area contributed by atoms with E-state index in [9.17, 15) is 13.2 Å². The van der Waals surface area contributed by atoms with Crippen LogP contribution in [0.1, 0.15) is 11.1 Å². The molecule has 0 saturated carbocycles. The van der Waals surface area contributed by atoms with E-state index < -0.39 is 17.3 Å². The van der Waals surface area contributed by atoms with E-state index in [1.165, 1.54) is 24.3 Å². The van der Waals surface area contributed by atoms with Crippen molar-refractivity contribution in [3.8, 4) is 17.6 Å². The van der Waals surface area contributed by atoms with E-state index in [2.05, 4.69) is 0 Å². The van der Waals surface area contributed by atoms with Crippen LogP contribution in [0.25, 0.3) is 0 Å². The van der Waals surface area contributed by atoms with Crippen molar-refractivity contribution in [2.45, 2.75) is 6.18 Å². The lowest BCUT2D eigenvalue weighted by atomic mass is 10.1. The number of alkyl halides is 3. The Morgan fingerprint density at radius 2 is 1.60 bits per heavy atom. The first-order valence-corrected chi connectivity index (χ1v) is 5.83. The van der Waals surface area contributed by atoms with Gasteiger partial charge in [0, 0.05) is 5.02 Å². The smallest absolute Gasteiger partial charge is 0.417 e. The van der Waals surface area contributed by atoms with Gasteiger partial charge in [-0.3, -0.25) is 0 Å². The van der Waals surface area contributed by atoms with Gasteiger partial charge in [-0.1, -0.05) is 11.6 Å². The van der Waals surface area contributed by atoms with Gasteiger partial charge in [0.05, 0.1) is 17.2 Å². The van der Waals surface area contributed by atoms with Crippen molar-refractivity contribution in [3.05, 3.63) is 58.6 Å². The van der Waals surface area contributed by atoms with Gasteiger partial charge in [-0.05, 0) is 42.5 Å². The molecule has 0 atom stereocenters. The van der Waals surface area contributed by atoms with E-state index >= 15 is 0 Å². The molecule has 0 unspecified atom stereocenters. The molecule has 0 spiro atoms. The predicted octanol–water partition coefficient (Wildman–Crippen LogP) is 5.02.